The molecule has 2 aromatic rings. The Balaban J connectivity index is 2.03. The van der Waals surface area contributed by atoms with Crippen LogP contribution in [0, 0.1) is 0 Å². The van der Waals surface area contributed by atoms with Crippen molar-refractivity contribution in [2.45, 2.75) is 39.5 Å². The predicted octanol–water partition coefficient (Wildman–Crippen LogP) is 4.65. The summed E-state index contributed by atoms with van der Waals surface area (Å²) in [6, 6.07) is 14.1. The average molecular weight is 368 g/mol. The zero-order valence-electron chi connectivity index (χ0n) is 16.1. The van der Waals surface area contributed by atoms with Crippen molar-refractivity contribution < 1.29 is 14.3 Å². The number of anilines is 1. The van der Waals surface area contributed by atoms with Crippen LogP contribution >= 0.6 is 0 Å². The third kappa shape index (κ3) is 6.44. The lowest BCUT2D eigenvalue weighted by atomic mass is 10.1. The fraction of sp³-hybridized carbons (Fsp3) is 0.364. The number of nitrogens with one attached hydrogen (secondary N) is 2. The van der Waals surface area contributed by atoms with Gasteiger partial charge in [0.05, 0.1) is 12.2 Å². The molecule has 2 N–H and O–H groups in total. The summed E-state index contributed by atoms with van der Waals surface area (Å²) in [7, 11) is 0. The van der Waals surface area contributed by atoms with Crippen LogP contribution in [-0.4, -0.2) is 25.0 Å². The van der Waals surface area contributed by atoms with Crippen molar-refractivity contribution in [1.82, 2.24) is 5.32 Å². The van der Waals surface area contributed by atoms with Crippen LogP contribution in [0.5, 0.6) is 5.75 Å². The standard InChI is InChI=1S/C22H28N2O3/c1-3-5-6-9-15-27-20-14-8-7-13-19(20)22(26)24-18-12-10-11-17(16-18)21(25)23-4-2/h7-8,10-14,16H,3-6,9,15H2,1-2H3,(H,23,25)(H,24,26). The molecule has 0 atom stereocenters. The van der Waals surface area contributed by atoms with Crippen molar-refractivity contribution in [2.24, 2.45) is 0 Å². The number of para-hydroxylation sites is 1. The molecule has 0 saturated heterocycles. The molecule has 27 heavy (non-hydrogen) atoms. The van der Waals surface area contributed by atoms with E-state index in [1.165, 1.54) is 12.8 Å². The van der Waals surface area contributed by atoms with Crippen LogP contribution < -0.4 is 15.4 Å². The van der Waals surface area contributed by atoms with Gasteiger partial charge < -0.3 is 15.4 Å². The molecule has 0 heterocycles. The summed E-state index contributed by atoms with van der Waals surface area (Å²) in [5, 5.41) is 5.60. The summed E-state index contributed by atoms with van der Waals surface area (Å²) < 4.78 is 5.81. The Morgan fingerprint density at radius 1 is 0.926 bits per heavy atom. The minimum Gasteiger partial charge on any atom is -0.493 e. The molecular weight excluding hydrogens is 340 g/mol. The van der Waals surface area contributed by atoms with E-state index in [1.54, 1.807) is 36.4 Å². The molecule has 0 unspecified atom stereocenters. The van der Waals surface area contributed by atoms with Gasteiger partial charge >= 0.3 is 0 Å². The van der Waals surface area contributed by atoms with E-state index in [1.807, 2.05) is 19.1 Å². The second kappa shape index (κ2) is 11.0. The van der Waals surface area contributed by atoms with Crippen LogP contribution in [0.3, 0.4) is 0 Å². The number of ether oxygens (including phenoxy) is 1. The maximum atomic E-state index is 12.7. The van der Waals surface area contributed by atoms with E-state index in [4.69, 9.17) is 4.74 Å². The van der Waals surface area contributed by atoms with E-state index < -0.39 is 0 Å². The average Bonchev–Trinajstić information content (AvgIpc) is 2.68. The van der Waals surface area contributed by atoms with E-state index >= 15 is 0 Å². The van der Waals surface area contributed by atoms with E-state index in [0.29, 0.717) is 35.7 Å². The van der Waals surface area contributed by atoms with E-state index in [9.17, 15) is 9.59 Å². The fourth-order valence-electron chi connectivity index (χ4n) is 2.69. The van der Waals surface area contributed by atoms with Gasteiger partial charge in [-0.05, 0) is 43.7 Å². The van der Waals surface area contributed by atoms with Crippen molar-refractivity contribution in [3.8, 4) is 5.75 Å². The van der Waals surface area contributed by atoms with Gasteiger partial charge in [0.15, 0.2) is 0 Å². The van der Waals surface area contributed by atoms with Crippen LogP contribution in [0.15, 0.2) is 48.5 Å². The maximum Gasteiger partial charge on any atom is 0.259 e. The predicted molar refractivity (Wildman–Crippen MR) is 108 cm³/mol. The van der Waals surface area contributed by atoms with Crippen molar-refractivity contribution in [1.29, 1.82) is 0 Å². The zero-order chi connectivity index (χ0) is 19.5. The topological polar surface area (TPSA) is 67.4 Å². The van der Waals surface area contributed by atoms with Gasteiger partial charge in [-0.1, -0.05) is 44.4 Å². The van der Waals surface area contributed by atoms with E-state index in [0.717, 1.165) is 12.8 Å². The lowest BCUT2D eigenvalue weighted by molar-refractivity contribution is 0.0954. The monoisotopic (exact) mass is 368 g/mol. The number of carbonyl (C=O) groups excluding carboxylic acids is 2. The van der Waals surface area contributed by atoms with Crippen LogP contribution in [0.2, 0.25) is 0 Å². The molecule has 0 aliphatic rings. The number of carbonyl (C=O) groups is 2. The minimum atomic E-state index is -0.257. The molecule has 5 heteroatoms. The smallest absolute Gasteiger partial charge is 0.259 e. The lowest BCUT2D eigenvalue weighted by Crippen LogP contribution is -2.22. The highest BCUT2D eigenvalue weighted by atomic mass is 16.5. The van der Waals surface area contributed by atoms with Crippen molar-refractivity contribution in [3.63, 3.8) is 0 Å². The van der Waals surface area contributed by atoms with Gasteiger partial charge in [0.25, 0.3) is 11.8 Å². The molecule has 144 valence electrons. The van der Waals surface area contributed by atoms with Crippen LogP contribution in [0.1, 0.15) is 60.2 Å². The van der Waals surface area contributed by atoms with Gasteiger partial charge in [-0.15, -0.1) is 0 Å². The maximum absolute atomic E-state index is 12.7. The van der Waals surface area contributed by atoms with Crippen molar-refractivity contribution in [3.05, 3.63) is 59.7 Å². The quantitative estimate of drug-likeness (QED) is 0.600. The first kappa shape index (κ1) is 20.5. The Bertz CT molecular complexity index is 759. The highest BCUT2D eigenvalue weighted by Crippen LogP contribution is 2.21. The van der Waals surface area contributed by atoms with Gasteiger partial charge in [-0.25, -0.2) is 0 Å². The Kier molecular flexibility index (Phi) is 8.36. The molecule has 0 aliphatic carbocycles. The molecule has 0 radical (unpaired) electrons. The minimum absolute atomic E-state index is 0.163. The van der Waals surface area contributed by atoms with E-state index in [2.05, 4.69) is 17.6 Å². The number of hydrogen-bond donors (Lipinski definition) is 2. The largest absolute Gasteiger partial charge is 0.493 e. The molecule has 2 amide bonds. The SMILES string of the molecule is CCCCCCOc1ccccc1C(=O)Nc1cccc(C(=O)NCC)c1. The van der Waals surface area contributed by atoms with Crippen LogP contribution in [-0.2, 0) is 0 Å². The van der Waals surface area contributed by atoms with Gasteiger partial charge in [-0.2, -0.15) is 0 Å². The number of amides is 2. The molecule has 0 spiro atoms. The molecule has 0 fully saturated rings. The molecule has 0 bridgehead atoms. The van der Waals surface area contributed by atoms with Gasteiger partial charge in [0, 0.05) is 17.8 Å². The highest BCUT2D eigenvalue weighted by Gasteiger charge is 2.13. The van der Waals surface area contributed by atoms with Gasteiger partial charge in [0.1, 0.15) is 5.75 Å². The normalized spacial score (nSPS) is 10.3. The molecule has 0 aliphatic heterocycles. The Labute approximate surface area is 161 Å². The second-order valence-corrected chi connectivity index (χ2v) is 6.30. The Morgan fingerprint density at radius 3 is 2.52 bits per heavy atom. The summed E-state index contributed by atoms with van der Waals surface area (Å²) in [4.78, 5) is 24.6. The molecule has 0 saturated carbocycles. The fourth-order valence-corrected chi connectivity index (χ4v) is 2.69. The molecular formula is C22H28N2O3. The highest BCUT2D eigenvalue weighted by molar-refractivity contribution is 6.06. The van der Waals surface area contributed by atoms with Crippen molar-refractivity contribution in [2.75, 3.05) is 18.5 Å². The summed E-state index contributed by atoms with van der Waals surface area (Å²) >= 11 is 0. The summed E-state index contributed by atoms with van der Waals surface area (Å²) in [5.74, 6) is 0.156. The molecule has 2 aromatic carbocycles. The summed E-state index contributed by atoms with van der Waals surface area (Å²) in [6.45, 7) is 5.18. The second-order valence-electron chi connectivity index (χ2n) is 6.30. The molecule has 0 aromatic heterocycles. The zero-order valence-corrected chi connectivity index (χ0v) is 16.1. The first-order valence-electron chi connectivity index (χ1n) is 9.57. The van der Waals surface area contributed by atoms with Gasteiger partial charge in [-0.3, -0.25) is 9.59 Å². The number of rotatable bonds is 10. The number of benzene rings is 2. The number of hydrogen-bond acceptors (Lipinski definition) is 3. The molecule has 2 rings (SSSR count). The van der Waals surface area contributed by atoms with Crippen LogP contribution in [0.4, 0.5) is 5.69 Å². The van der Waals surface area contributed by atoms with E-state index in [-0.39, 0.29) is 11.8 Å². The van der Waals surface area contributed by atoms with Crippen molar-refractivity contribution >= 4 is 17.5 Å². The number of unbranched alkanes of at least 4 members (excludes halogenated alkanes) is 3. The molecule has 5 nitrogen and oxygen atoms in total. The third-order valence-electron chi connectivity index (χ3n) is 4.11. The lowest BCUT2D eigenvalue weighted by Gasteiger charge is -2.12. The summed E-state index contributed by atoms with van der Waals surface area (Å²) in [5.41, 5.74) is 1.56. The van der Waals surface area contributed by atoms with Gasteiger partial charge in [0.2, 0.25) is 0 Å². The third-order valence-corrected chi connectivity index (χ3v) is 4.11. The van der Waals surface area contributed by atoms with Crippen LogP contribution in [0.25, 0.3) is 0 Å². The first-order chi connectivity index (χ1) is 13.2. The summed E-state index contributed by atoms with van der Waals surface area (Å²) in [6.07, 6.45) is 4.46. The first-order valence-corrected chi connectivity index (χ1v) is 9.57. The Morgan fingerprint density at radius 2 is 1.74 bits per heavy atom. The Hall–Kier alpha value is -2.82.